The highest BCUT2D eigenvalue weighted by atomic mass is 32.2. The van der Waals surface area contributed by atoms with Crippen molar-refractivity contribution in [1.82, 2.24) is 9.97 Å². The van der Waals surface area contributed by atoms with Crippen LogP contribution in [0, 0.1) is 5.92 Å². The van der Waals surface area contributed by atoms with E-state index in [0.29, 0.717) is 18.0 Å². The Morgan fingerprint density at radius 1 is 1.15 bits per heavy atom. The average Bonchev–Trinajstić information content (AvgIpc) is 3.15. The second-order valence-corrected chi connectivity index (χ2v) is 8.13. The van der Waals surface area contributed by atoms with Crippen molar-refractivity contribution in [2.24, 2.45) is 5.92 Å². The molecule has 1 saturated carbocycles. The number of methoxy groups -OCH3 is 1. The van der Waals surface area contributed by atoms with Gasteiger partial charge in [-0.25, -0.2) is 18.4 Å². The van der Waals surface area contributed by atoms with Crippen LogP contribution in [0.2, 0.25) is 0 Å². The van der Waals surface area contributed by atoms with Crippen molar-refractivity contribution < 1.29 is 17.9 Å². The van der Waals surface area contributed by atoms with Crippen LogP contribution in [0.15, 0.2) is 41.6 Å². The van der Waals surface area contributed by atoms with Gasteiger partial charge in [-0.3, -0.25) is 9.52 Å². The van der Waals surface area contributed by atoms with Crippen LogP contribution in [-0.2, 0) is 14.8 Å². The lowest BCUT2D eigenvalue weighted by molar-refractivity contribution is -0.117. The molecule has 2 N–H and O–H groups in total. The molecule has 9 heteroatoms. The van der Waals surface area contributed by atoms with E-state index in [9.17, 15) is 13.2 Å². The summed E-state index contributed by atoms with van der Waals surface area (Å²) in [6.07, 6.45) is 7.85. The molecule has 144 valence electrons. The summed E-state index contributed by atoms with van der Waals surface area (Å²) >= 11 is 0. The van der Waals surface area contributed by atoms with Gasteiger partial charge in [0.05, 0.1) is 12.0 Å². The molecule has 1 amide bonds. The zero-order valence-electron chi connectivity index (χ0n) is 15.0. The SMILES string of the molecule is COc1nccnc1NS(=O)(=O)c1ccc(NC(=O)CC2CCCC2)cc1. The molecule has 8 nitrogen and oxygen atoms in total. The van der Waals surface area contributed by atoms with E-state index in [2.05, 4.69) is 20.0 Å². The highest BCUT2D eigenvalue weighted by molar-refractivity contribution is 7.92. The van der Waals surface area contributed by atoms with Crippen LogP contribution in [0.5, 0.6) is 5.88 Å². The van der Waals surface area contributed by atoms with Gasteiger partial charge in [-0.05, 0) is 43.0 Å². The Morgan fingerprint density at radius 2 is 1.81 bits per heavy atom. The maximum atomic E-state index is 12.5. The summed E-state index contributed by atoms with van der Waals surface area (Å²) in [5, 5.41) is 2.82. The van der Waals surface area contributed by atoms with Crippen molar-refractivity contribution in [3.63, 3.8) is 0 Å². The maximum Gasteiger partial charge on any atom is 0.263 e. The second-order valence-electron chi connectivity index (χ2n) is 6.45. The summed E-state index contributed by atoms with van der Waals surface area (Å²) in [6, 6.07) is 5.98. The fraction of sp³-hybridized carbons (Fsp3) is 0.389. The van der Waals surface area contributed by atoms with Gasteiger partial charge in [-0.1, -0.05) is 12.8 Å². The lowest BCUT2D eigenvalue weighted by atomic mass is 10.0. The summed E-state index contributed by atoms with van der Waals surface area (Å²) in [7, 11) is -2.48. The molecule has 1 aliphatic carbocycles. The number of nitrogens with zero attached hydrogens (tertiary/aromatic N) is 2. The zero-order chi connectivity index (χ0) is 19.3. The first-order valence-corrected chi connectivity index (χ1v) is 10.2. The molecule has 3 rings (SSSR count). The van der Waals surface area contributed by atoms with Gasteiger partial charge < -0.3 is 10.1 Å². The summed E-state index contributed by atoms with van der Waals surface area (Å²) in [5.41, 5.74) is 0.564. The van der Waals surface area contributed by atoms with E-state index in [1.807, 2.05) is 0 Å². The van der Waals surface area contributed by atoms with Crippen LogP contribution in [0.1, 0.15) is 32.1 Å². The van der Waals surface area contributed by atoms with E-state index in [0.717, 1.165) is 12.8 Å². The van der Waals surface area contributed by atoms with Crippen LogP contribution < -0.4 is 14.8 Å². The molecule has 1 aromatic heterocycles. The second kappa shape index (κ2) is 8.34. The van der Waals surface area contributed by atoms with Crippen molar-refractivity contribution in [3.05, 3.63) is 36.7 Å². The number of hydrogen-bond donors (Lipinski definition) is 2. The molecule has 1 fully saturated rings. The Morgan fingerprint density at radius 3 is 2.48 bits per heavy atom. The summed E-state index contributed by atoms with van der Waals surface area (Å²) in [4.78, 5) is 20.0. The Hall–Kier alpha value is -2.68. The third-order valence-corrected chi connectivity index (χ3v) is 5.84. The van der Waals surface area contributed by atoms with Gasteiger partial charge in [-0.15, -0.1) is 0 Å². The van der Waals surface area contributed by atoms with Gasteiger partial charge in [0.15, 0.2) is 0 Å². The van der Waals surface area contributed by atoms with Gasteiger partial charge in [-0.2, -0.15) is 0 Å². The van der Waals surface area contributed by atoms with Crippen LogP contribution in [0.3, 0.4) is 0 Å². The fourth-order valence-electron chi connectivity index (χ4n) is 3.14. The summed E-state index contributed by atoms with van der Waals surface area (Å²) in [6.45, 7) is 0. The molecule has 0 atom stereocenters. The number of amides is 1. The molecule has 0 aliphatic heterocycles. The maximum absolute atomic E-state index is 12.5. The molecule has 0 spiro atoms. The topological polar surface area (TPSA) is 110 Å². The molecular weight excluding hydrogens is 368 g/mol. The Kier molecular flexibility index (Phi) is 5.90. The smallest absolute Gasteiger partial charge is 0.263 e. The minimum absolute atomic E-state index is 0.00828. The first-order chi connectivity index (χ1) is 13.0. The van der Waals surface area contributed by atoms with Gasteiger partial charge in [0.25, 0.3) is 15.9 Å². The van der Waals surface area contributed by atoms with E-state index in [1.54, 1.807) is 12.1 Å². The number of benzene rings is 1. The molecule has 1 aliphatic rings. The standard InChI is InChI=1S/C18H22N4O4S/c1-26-18-17(19-10-11-20-18)22-27(24,25)15-8-6-14(7-9-15)21-16(23)12-13-4-2-3-5-13/h6-11,13H,2-5,12H2,1H3,(H,19,22)(H,21,23). The largest absolute Gasteiger partial charge is 0.478 e. The third kappa shape index (κ3) is 4.94. The van der Waals surface area contributed by atoms with E-state index in [-0.39, 0.29) is 22.5 Å². The number of aromatic nitrogens is 2. The van der Waals surface area contributed by atoms with Crippen molar-refractivity contribution in [2.45, 2.75) is 37.0 Å². The van der Waals surface area contributed by atoms with E-state index < -0.39 is 10.0 Å². The molecule has 0 saturated heterocycles. The number of nitrogens with one attached hydrogen (secondary N) is 2. The number of ether oxygens (including phenoxy) is 1. The van der Waals surface area contributed by atoms with Gasteiger partial charge in [0.2, 0.25) is 11.7 Å². The summed E-state index contributed by atoms with van der Waals surface area (Å²) < 4.78 is 32.4. The third-order valence-electron chi connectivity index (χ3n) is 4.49. The predicted octanol–water partition coefficient (Wildman–Crippen LogP) is 2.80. The molecule has 1 aromatic carbocycles. The molecule has 0 bridgehead atoms. The zero-order valence-corrected chi connectivity index (χ0v) is 15.8. The van der Waals surface area contributed by atoms with Crippen molar-refractivity contribution in [2.75, 3.05) is 17.1 Å². The van der Waals surface area contributed by atoms with Crippen molar-refractivity contribution >= 4 is 27.4 Å². The lowest BCUT2D eigenvalue weighted by Crippen LogP contribution is -2.16. The Labute approximate surface area is 158 Å². The number of anilines is 2. The lowest BCUT2D eigenvalue weighted by Gasteiger charge is -2.11. The number of carbonyl (C=O) groups is 1. The Balaban J connectivity index is 1.65. The highest BCUT2D eigenvalue weighted by Gasteiger charge is 2.20. The molecule has 2 aromatic rings. The first-order valence-electron chi connectivity index (χ1n) is 8.75. The van der Waals surface area contributed by atoms with E-state index in [1.165, 1.54) is 44.5 Å². The highest BCUT2D eigenvalue weighted by Crippen LogP contribution is 2.28. The van der Waals surface area contributed by atoms with Gasteiger partial charge >= 0.3 is 0 Å². The average molecular weight is 390 g/mol. The van der Waals surface area contributed by atoms with Gasteiger partial charge in [0, 0.05) is 24.5 Å². The molecule has 1 heterocycles. The number of sulfonamides is 1. The molecule has 0 radical (unpaired) electrons. The van der Waals surface area contributed by atoms with E-state index >= 15 is 0 Å². The molecule has 27 heavy (non-hydrogen) atoms. The van der Waals surface area contributed by atoms with Crippen LogP contribution in [-0.4, -0.2) is 31.4 Å². The Bertz CT molecular complexity index is 894. The number of carbonyl (C=O) groups excluding carboxylic acids is 1. The van der Waals surface area contributed by atoms with Crippen molar-refractivity contribution in [3.8, 4) is 5.88 Å². The monoisotopic (exact) mass is 390 g/mol. The predicted molar refractivity (Wildman–Crippen MR) is 101 cm³/mol. The summed E-state index contributed by atoms with van der Waals surface area (Å²) in [5.74, 6) is 0.501. The molecular formula is C18H22N4O4S. The number of hydrogen-bond acceptors (Lipinski definition) is 6. The van der Waals surface area contributed by atoms with Crippen LogP contribution in [0.25, 0.3) is 0 Å². The first kappa shape index (κ1) is 19.1. The quantitative estimate of drug-likeness (QED) is 0.752. The van der Waals surface area contributed by atoms with E-state index in [4.69, 9.17) is 4.74 Å². The minimum atomic E-state index is -3.85. The fourth-order valence-corrected chi connectivity index (χ4v) is 4.14. The van der Waals surface area contributed by atoms with Crippen molar-refractivity contribution in [1.29, 1.82) is 0 Å². The number of rotatable bonds is 7. The molecule has 0 unspecified atom stereocenters. The normalized spacial score (nSPS) is 14.7. The minimum Gasteiger partial charge on any atom is -0.478 e. The van der Waals surface area contributed by atoms with Crippen LogP contribution >= 0.6 is 0 Å². The van der Waals surface area contributed by atoms with Crippen LogP contribution in [0.4, 0.5) is 11.5 Å². The van der Waals surface area contributed by atoms with Gasteiger partial charge in [0.1, 0.15) is 0 Å².